The molecule has 39 heavy (non-hydrogen) atoms. The molecular formula is C30H31ClN4O4. The van der Waals surface area contributed by atoms with Crippen molar-refractivity contribution in [2.45, 2.75) is 64.6 Å². The largest absolute Gasteiger partial charge is 0.480 e. The van der Waals surface area contributed by atoms with Crippen molar-refractivity contribution < 1.29 is 9.90 Å². The van der Waals surface area contributed by atoms with E-state index >= 15 is 0 Å². The first-order chi connectivity index (χ1) is 18.5. The lowest BCUT2D eigenvalue weighted by molar-refractivity contribution is -0.138. The zero-order valence-corrected chi connectivity index (χ0v) is 23.0. The Morgan fingerprint density at radius 2 is 1.72 bits per heavy atom. The Hall–Kier alpha value is -3.91. The van der Waals surface area contributed by atoms with Gasteiger partial charge in [-0.15, -0.1) is 0 Å². The van der Waals surface area contributed by atoms with E-state index in [9.17, 15) is 19.5 Å². The molecule has 202 valence electrons. The summed E-state index contributed by atoms with van der Waals surface area (Å²) in [7, 11) is 0. The summed E-state index contributed by atoms with van der Waals surface area (Å²) in [4.78, 5) is 43.9. The third kappa shape index (κ3) is 4.96. The van der Waals surface area contributed by atoms with Gasteiger partial charge in [-0.2, -0.15) is 0 Å². The molecule has 1 aliphatic rings. The van der Waals surface area contributed by atoms with E-state index in [2.05, 4.69) is 15.6 Å². The molecule has 3 aromatic carbocycles. The van der Waals surface area contributed by atoms with E-state index in [1.54, 1.807) is 6.92 Å². The lowest BCUT2D eigenvalue weighted by Crippen LogP contribution is -2.48. The predicted molar refractivity (Wildman–Crippen MR) is 157 cm³/mol. The Labute approximate surface area is 231 Å². The second-order valence-corrected chi connectivity index (χ2v) is 11.0. The fraction of sp³-hybridized carbons (Fsp3) is 0.333. The Morgan fingerprint density at radius 3 is 2.36 bits per heavy atom. The van der Waals surface area contributed by atoms with Crippen LogP contribution in [-0.2, 0) is 4.79 Å². The third-order valence-corrected chi connectivity index (χ3v) is 8.02. The monoisotopic (exact) mass is 546 g/mol. The van der Waals surface area contributed by atoms with Crippen molar-refractivity contribution in [2.24, 2.45) is 0 Å². The van der Waals surface area contributed by atoms with Gasteiger partial charge in [-0.1, -0.05) is 36.7 Å². The molecule has 0 aliphatic carbocycles. The topological polar surface area (TPSA) is 112 Å². The average Bonchev–Trinajstić information content (AvgIpc) is 3.23. The van der Waals surface area contributed by atoms with Gasteiger partial charge in [0.15, 0.2) is 0 Å². The summed E-state index contributed by atoms with van der Waals surface area (Å²) in [6.07, 6.45) is 1.83. The molecule has 1 fully saturated rings. The molecule has 1 aromatic heterocycles. The van der Waals surface area contributed by atoms with Crippen molar-refractivity contribution in [1.29, 1.82) is 0 Å². The number of hydrogen-bond acceptors (Lipinski definition) is 7. The number of aromatic nitrogens is 1. The molecule has 1 aliphatic heterocycles. The van der Waals surface area contributed by atoms with Gasteiger partial charge in [0.05, 0.1) is 0 Å². The zero-order chi connectivity index (χ0) is 28.0. The van der Waals surface area contributed by atoms with E-state index in [0.717, 1.165) is 40.6 Å². The summed E-state index contributed by atoms with van der Waals surface area (Å²) < 4.78 is 0. The van der Waals surface area contributed by atoms with Crippen molar-refractivity contribution >= 4 is 51.2 Å². The number of carboxylic acid groups (broad SMARTS) is 1. The van der Waals surface area contributed by atoms with Crippen LogP contribution in [0.1, 0.15) is 50.8 Å². The molecule has 0 saturated carbocycles. The molecule has 0 spiro atoms. The number of aliphatic carboxylic acids is 1. The van der Waals surface area contributed by atoms with Crippen molar-refractivity contribution in [1.82, 2.24) is 4.98 Å². The van der Waals surface area contributed by atoms with Crippen LogP contribution in [0.15, 0.2) is 58.1 Å². The number of benzene rings is 2. The summed E-state index contributed by atoms with van der Waals surface area (Å²) in [6, 6.07) is 14.2. The molecule has 4 atom stereocenters. The smallest absolute Gasteiger partial charge is 0.326 e. The maximum absolute atomic E-state index is 12.5. The minimum atomic E-state index is -1.10. The van der Waals surface area contributed by atoms with E-state index in [0.29, 0.717) is 16.5 Å². The zero-order valence-electron chi connectivity index (χ0n) is 22.3. The number of carboxylic acids is 1. The molecule has 3 N–H and O–H groups in total. The van der Waals surface area contributed by atoms with Gasteiger partial charge in [0.2, 0.25) is 0 Å². The number of nitrogens with one attached hydrogen (secondary N) is 2. The normalized spacial score (nSPS) is 18.8. The van der Waals surface area contributed by atoms with Gasteiger partial charge < -0.3 is 20.6 Å². The van der Waals surface area contributed by atoms with Crippen molar-refractivity contribution in [2.75, 3.05) is 15.5 Å². The van der Waals surface area contributed by atoms with Crippen LogP contribution in [0.25, 0.3) is 10.8 Å². The molecule has 0 bridgehead atoms. The van der Waals surface area contributed by atoms with Gasteiger partial charge in [0.1, 0.15) is 23.2 Å². The fourth-order valence-corrected chi connectivity index (χ4v) is 5.77. The Balaban J connectivity index is 1.38. The van der Waals surface area contributed by atoms with Crippen LogP contribution >= 0.6 is 11.6 Å². The van der Waals surface area contributed by atoms with E-state index in [1.807, 2.05) is 74.2 Å². The number of halogens is 1. The number of rotatable bonds is 8. The SMILES string of the molecule is Cc1cc2ccc(Cl)cc2c(Nc2ccc(C(C)C(Nc3c(N4C(C)CCC4C)c(=O)c3=O)C(=O)O)cc2)n1. The Bertz CT molecular complexity index is 1620. The van der Waals surface area contributed by atoms with Crippen LogP contribution in [0.5, 0.6) is 0 Å². The number of aryl methyl sites for hydroxylation is 1. The highest BCUT2D eigenvalue weighted by atomic mass is 35.5. The van der Waals surface area contributed by atoms with Crippen LogP contribution < -0.4 is 26.4 Å². The minimum Gasteiger partial charge on any atom is -0.480 e. The minimum absolute atomic E-state index is 0.106. The first kappa shape index (κ1) is 26.7. The molecule has 5 rings (SSSR count). The molecule has 0 radical (unpaired) electrons. The van der Waals surface area contributed by atoms with Crippen LogP contribution in [0.2, 0.25) is 5.02 Å². The summed E-state index contributed by atoms with van der Waals surface area (Å²) in [5.41, 5.74) is 1.63. The highest BCUT2D eigenvalue weighted by molar-refractivity contribution is 6.31. The summed E-state index contributed by atoms with van der Waals surface area (Å²) in [6.45, 7) is 7.75. The van der Waals surface area contributed by atoms with Crippen molar-refractivity contribution in [3.05, 3.63) is 85.3 Å². The Morgan fingerprint density at radius 1 is 1.05 bits per heavy atom. The quantitative estimate of drug-likeness (QED) is 0.245. The number of nitrogens with zero attached hydrogens (tertiary/aromatic N) is 2. The van der Waals surface area contributed by atoms with E-state index in [1.165, 1.54) is 0 Å². The molecule has 4 aromatic rings. The predicted octanol–water partition coefficient (Wildman–Crippen LogP) is 5.58. The van der Waals surface area contributed by atoms with E-state index in [-0.39, 0.29) is 17.8 Å². The lowest BCUT2D eigenvalue weighted by Gasteiger charge is -2.32. The summed E-state index contributed by atoms with van der Waals surface area (Å²) in [5, 5.41) is 18.8. The molecule has 2 heterocycles. The van der Waals surface area contributed by atoms with E-state index < -0.39 is 28.8 Å². The molecule has 4 unspecified atom stereocenters. The van der Waals surface area contributed by atoms with Crippen molar-refractivity contribution in [3.8, 4) is 0 Å². The highest BCUT2D eigenvalue weighted by Crippen LogP contribution is 2.34. The fourth-order valence-electron chi connectivity index (χ4n) is 5.60. The molecule has 0 amide bonds. The van der Waals surface area contributed by atoms with Gasteiger partial charge in [-0.05, 0) is 74.9 Å². The second kappa shape index (κ2) is 10.3. The van der Waals surface area contributed by atoms with Gasteiger partial charge in [-0.3, -0.25) is 9.59 Å². The van der Waals surface area contributed by atoms with Crippen LogP contribution in [0.3, 0.4) is 0 Å². The second-order valence-electron chi connectivity index (χ2n) is 10.5. The van der Waals surface area contributed by atoms with Crippen LogP contribution in [0, 0.1) is 6.92 Å². The van der Waals surface area contributed by atoms with Gasteiger partial charge in [0.25, 0.3) is 10.9 Å². The maximum Gasteiger partial charge on any atom is 0.326 e. The highest BCUT2D eigenvalue weighted by Gasteiger charge is 2.37. The lowest BCUT2D eigenvalue weighted by atomic mass is 9.92. The van der Waals surface area contributed by atoms with Gasteiger partial charge in [-0.25, -0.2) is 9.78 Å². The number of carbonyl (C=O) groups is 1. The Kier molecular flexibility index (Phi) is 7.07. The average molecular weight is 547 g/mol. The third-order valence-electron chi connectivity index (χ3n) is 7.78. The van der Waals surface area contributed by atoms with E-state index in [4.69, 9.17) is 11.6 Å². The van der Waals surface area contributed by atoms with Gasteiger partial charge in [0, 0.05) is 39.8 Å². The van der Waals surface area contributed by atoms with Gasteiger partial charge >= 0.3 is 5.97 Å². The number of hydrogen-bond donors (Lipinski definition) is 3. The standard InChI is InChI=1S/C30H31ClN4O4/c1-15-13-20-7-10-21(31)14-23(20)29(32-15)33-22-11-8-19(9-12-22)18(4)24(30(38)39)34-25-26(28(37)27(25)36)35-16(2)5-6-17(35)3/h7-14,16-18,24,34H,5-6H2,1-4H3,(H,32,33)(H,38,39). The maximum atomic E-state index is 12.5. The molecular weight excluding hydrogens is 516 g/mol. The number of fused-ring (bicyclic) bond motifs is 1. The molecule has 8 nitrogen and oxygen atoms in total. The first-order valence-electron chi connectivity index (χ1n) is 13.1. The number of pyridine rings is 1. The van der Waals surface area contributed by atoms with Crippen LogP contribution in [-0.4, -0.2) is 34.2 Å². The number of anilines is 4. The summed E-state index contributed by atoms with van der Waals surface area (Å²) >= 11 is 6.22. The summed E-state index contributed by atoms with van der Waals surface area (Å²) in [5.74, 6) is -0.908. The van der Waals surface area contributed by atoms with Crippen molar-refractivity contribution in [3.63, 3.8) is 0 Å². The van der Waals surface area contributed by atoms with Crippen LogP contribution in [0.4, 0.5) is 22.9 Å². The molecule has 9 heteroatoms. The molecule has 1 saturated heterocycles. The first-order valence-corrected chi connectivity index (χ1v) is 13.5.